The molecule has 3 aromatic rings. The molecule has 1 aliphatic heterocycles. The number of hydrogen-bond donors (Lipinski definition) is 0. The van der Waals surface area contributed by atoms with Crippen molar-refractivity contribution in [2.45, 2.75) is 32.9 Å². The van der Waals surface area contributed by atoms with E-state index in [4.69, 9.17) is 9.73 Å². The highest BCUT2D eigenvalue weighted by molar-refractivity contribution is 7.08. The zero-order chi connectivity index (χ0) is 19.5. The molecule has 0 bridgehead atoms. The van der Waals surface area contributed by atoms with Crippen LogP contribution in [0.2, 0.25) is 6.04 Å². The quantitative estimate of drug-likeness (QED) is 0.463. The molecule has 4 rings (SSSR count). The molecule has 2 radical (unpaired) electrons. The highest BCUT2D eigenvalue weighted by atomic mass is 32.1. The van der Waals surface area contributed by atoms with E-state index >= 15 is 0 Å². The van der Waals surface area contributed by atoms with Gasteiger partial charge in [0.1, 0.15) is 6.33 Å². The van der Waals surface area contributed by atoms with E-state index in [1.54, 1.807) is 24.6 Å². The van der Waals surface area contributed by atoms with Crippen molar-refractivity contribution in [1.82, 2.24) is 9.55 Å². The smallest absolute Gasteiger partial charge is 0.358 e. The molecule has 0 atom stereocenters. The number of esters is 1. The van der Waals surface area contributed by atoms with Gasteiger partial charge < -0.3 is 4.74 Å². The molecule has 0 saturated heterocycles. The summed E-state index contributed by atoms with van der Waals surface area (Å²) in [5, 5.41) is 5.52. The molecule has 28 heavy (non-hydrogen) atoms. The number of imidazole rings is 1. The van der Waals surface area contributed by atoms with Gasteiger partial charge in [-0.15, -0.1) is 0 Å². The van der Waals surface area contributed by atoms with Gasteiger partial charge in [-0.2, -0.15) is 11.3 Å². The van der Waals surface area contributed by atoms with E-state index in [2.05, 4.69) is 46.9 Å². The number of carbonyl (C=O) groups is 1. The summed E-state index contributed by atoms with van der Waals surface area (Å²) in [6, 6.07) is 9.84. The summed E-state index contributed by atoms with van der Waals surface area (Å²) in [6.45, 7) is 4.73. The van der Waals surface area contributed by atoms with Gasteiger partial charge in [0.05, 0.1) is 39.8 Å². The van der Waals surface area contributed by atoms with Crippen LogP contribution in [0.3, 0.4) is 0 Å². The average Bonchev–Trinajstić information content (AvgIpc) is 3.35. The third kappa shape index (κ3) is 3.47. The van der Waals surface area contributed by atoms with Crippen LogP contribution in [0.1, 0.15) is 47.6 Å². The zero-order valence-electron chi connectivity index (χ0n) is 15.9. The van der Waals surface area contributed by atoms with Crippen LogP contribution in [-0.4, -0.2) is 37.4 Å². The second-order valence-corrected chi connectivity index (χ2v) is 8.68. The van der Waals surface area contributed by atoms with Gasteiger partial charge in [0, 0.05) is 16.5 Å². The van der Waals surface area contributed by atoms with Crippen LogP contribution in [0.5, 0.6) is 0 Å². The first-order valence-electron chi connectivity index (χ1n) is 9.42. The number of thiophene rings is 1. The Morgan fingerprint density at radius 1 is 1.32 bits per heavy atom. The lowest BCUT2D eigenvalue weighted by atomic mass is 10.0. The Hall–Kier alpha value is -2.51. The van der Waals surface area contributed by atoms with Gasteiger partial charge in [-0.3, -0.25) is 9.56 Å². The minimum atomic E-state index is -0.395. The standard InChI is InChI=1S/C21H21N3O2SSi/c1-3-9-28-15-5-6-17-16(10-15)19(14-7-8-27-12-14)22-11-18-20(21(25)26-4-2)23-13-24(17)18/h5-8,10,12-13H,3-4,9,11H2,1-2H3. The van der Waals surface area contributed by atoms with E-state index in [9.17, 15) is 4.79 Å². The van der Waals surface area contributed by atoms with Crippen LogP contribution >= 0.6 is 11.3 Å². The predicted octanol–water partition coefficient (Wildman–Crippen LogP) is 3.62. The number of rotatable bonds is 6. The monoisotopic (exact) mass is 407 g/mol. The first kappa shape index (κ1) is 18.8. The molecule has 1 aromatic carbocycles. The predicted molar refractivity (Wildman–Crippen MR) is 114 cm³/mol. The molecule has 0 fully saturated rings. The van der Waals surface area contributed by atoms with E-state index in [0.29, 0.717) is 18.8 Å². The number of aromatic nitrogens is 2. The zero-order valence-corrected chi connectivity index (χ0v) is 17.8. The Morgan fingerprint density at radius 2 is 2.21 bits per heavy atom. The summed E-state index contributed by atoms with van der Waals surface area (Å²) < 4.78 is 7.17. The maximum atomic E-state index is 12.3. The fourth-order valence-electron chi connectivity index (χ4n) is 3.30. The van der Waals surface area contributed by atoms with Crippen molar-refractivity contribution in [3.05, 3.63) is 63.9 Å². The number of fused-ring (bicyclic) bond motifs is 3. The van der Waals surface area contributed by atoms with Crippen molar-refractivity contribution in [1.29, 1.82) is 0 Å². The number of carbonyl (C=O) groups excluding carboxylic acids is 1. The minimum absolute atomic E-state index is 0.326. The van der Waals surface area contributed by atoms with E-state index in [1.165, 1.54) is 17.7 Å². The lowest BCUT2D eigenvalue weighted by molar-refractivity contribution is 0.0518. The highest BCUT2D eigenvalue weighted by Gasteiger charge is 2.25. The fourth-order valence-corrected chi connectivity index (χ4v) is 4.93. The molecule has 0 saturated carbocycles. The number of benzene rings is 1. The molecular weight excluding hydrogens is 386 g/mol. The minimum Gasteiger partial charge on any atom is -0.461 e. The summed E-state index contributed by atoms with van der Waals surface area (Å²) >= 11 is 1.66. The Bertz CT molecular complexity index is 1020. The van der Waals surface area contributed by atoms with Crippen LogP contribution in [0.25, 0.3) is 5.69 Å². The second kappa shape index (κ2) is 8.24. The maximum Gasteiger partial charge on any atom is 0.358 e. The number of nitrogens with zero attached hydrogens (tertiary/aromatic N) is 3. The molecule has 0 unspecified atom stereocenters. The first-order chi connectivity index (χ1) is 13.7. The maximum absolute atomic E-state index is 12.3. The van der Waals surface area contributed by atoms with Crippen molar-refractivity contribution in [3.8, 4) is 5.69 Å². The lowest BCUT2D eigenvalue weighted by Crippen LogP contribution is -2.17. The Balaban J connectivity index is 1.86. The Kier molecular flexibility index (Phi) is 5.54. The van der Waals surface area contributed by atoms with Crippen LogP contribution < -0.4 is 5.19 Å². The Morgan fingerprint density at radius 3 is 2.96 bits per heavy atom. The average molecular weight is 408 g/mol. The number of hydrogen-bond acceptors (Lipinski definition) is 5. The summed E-state index contributed by atoms with van der Waals surface area (Å²) in [4.78, 5) is 21.6. The van der Waals surface area contributed by atoms with Crippen LogP contribution in [0, 0.1) is 0 Å². The molecule has 0 N–H and O–H groups in total. The van der Waals surface area contributed by atoms with Crippen LogP contribution in [-0.2, 0) is 11.3 Å². The summed E-state index contributed by atoms with van der Waals surface area (Å²) in [5.74, 6) is -0.395. The molecule has 0 aliphatic carbocycles. The molecule has 5 nitrogen and oxygen atoms in total. The number of aliphatic imine (C=N–C) groups is 1. The summed E-state index contributed by atoms with van der Waals surface area (Å²) in [6.07, 6.45) is 2.88. The second-order valence-electron chi connectivity index (χ2n) is 6.47. The van der Waals surface area contributed by atoms with Gasteiger partial charge in [-0.1, -0.05) is 36.7 Å². The molecule has 1 aliphatic rings. The van der Waals surface area contributed by atoms with Gasteiger partial charge in [0.15, 0.2) is 5.69 Å². The molecule has 2 aromatic heterocycles. The molecule has 3 heterocycles. The van der Waals surface area contributed by atoms with Crippen molar-refractivity contribution in [2.24, 2.45) is 4.99 Å². The van der Waals surface area contributed by atoms with Crippen molar-refractivity contribution >= 4 is 37.7 Å². The van der Waals surface area contributed by atoms with Gasteiger partial charge >= 0.3 is 5.97 Å². The van der Waals surface area contributed by atoms with E-state index < -0.39 is 5.97 Å². The Labute approximate surface area is 170 Å². The SMILES string of the molecule is CCC[Si]c1ccc2c(c1)C(c1ccsc1)=NCc1c(C(=O)OCC)ncn1-2. The third-order valence-electron chi connectivity index (χ3n) is 4.61. The first-order valence-corrected chi connectivity index (χ1v) is 11.6. The normalized spacial score (nSPS) is 12.7. The fraction of sp³-hybridized carbons (Fsp3) is 0.286. The van der Waals surface area contributed by atoms with Gasteiger partial charge in [0.2, 0.25) is 0 Å². The molecule has 0 spiro atoms. The van der Waals surface area contributed by atoms with E-state index in [1.807, 2.05) is 4.57 Å². The van der Waals surface area contributed by atoms with Crippen molar-refractivity contribution in [3.63, 3.8) is 0 Å². The molecule has 0 amide bonds. The molecule has 142 valence electrons. The van der Waals surface area contributed by atoms with Gasteiger partial charge in [0.25, 0.3) is 0 Å². The summed E-state index contributed by atoms with van der Waals surface area (Å²) in [5.41, 5.74) is 5.29. The summed E-state index contributed by atoms with van der Waals surface area (Å²) in [7, 11) is 0.781. The van der Waals surface area contributed by atoms with Crippen molar-refractivity contribution < 1.29 is 9.53 Å². The lowest BCUT2D eigenvalue weighted by Gasteiger charge is -2.13. The third-order valence-corrected chi connectivity index (χ3v) is 6.76. The molecular formula is C21H21N3O2SSi. The van der Waals surface area contributed by atoms with Crippen molar-refractivity contribution in [2.75, 3.05) is 6.61 Å². The van der Waals surface area contributed by atoms with Crippen LogP contribution in [0.4, 0.5) is 0 Å². The largest absolute Gasteiger partial charge is 0.461 e. The van der Waals surface area contributed by atoms with Gasteiger partial charge in [-0.05, 0) is 24.4 Å². The van der Waals surface area contributed by atoms with E-state index in [-0.39, 0.29) is 0 Å². The van der Waals surface area contributed by atoms with Crippen LogP contribution in [0.15, 0.2) is 46.3 Å². The number of ether oxygens (including phenoxy) is 1. The van der Waals surface area contributed by atoms with Gasteiger partial charge in [-0.25, -0.2) is 9.78 Å². The van der Waals surface area contributed by atoms with E-state index in [0.717, 1.165) is 37.7 Å². The topological polar surface area (TPSA) is 56.5 Å². The highest BCUT2D eigenvalue weighted by Crippen LogP contribution is 2.27. The molecule has 7 heteroatoms.